The molecule has 1 unspecified atom stereocenters. The van der Waals surface area contributed by atoms with Gasteiger partial charge >= 0.3 is 0 Å². The van der Waals surface area contributed by atoms with Crippen molar-refractivity contribution in [3.63, 3.8) is 0 Å². The third kappa shape index (κ3) is 2.85. The number of aliphatic hydroxyl groups is 1. The highest BCUT2D eigenvalue weighted by Gasteiger charge is 2.50. The fourth-order valence-corrected chi connectivity index (χ4v) is 3.82. The first-order valence-corrected chi connectivity index (χ1v) is 8.07. The molecule has 0 bridgehead atoms. The number of hydrogen-bond donors (Lipinski definition) is 1. The second-order valence-electron chi connectivity index (χ2n) is 6.99. The van der Waals surface area contributed by atoms with E-state index in [1.54, 1.807) is 0 Å². The van der Waals surface area contributed by atoms with Crippen LogP contribution in [0.5, 0.6) is 0 Å². The summed E-state index contributed by atoms with van der Waals surface area (Å²) >= 11 is 0. The van der Waals surface area contributed by atoms with Gasteiger partial charge in [0.15, 0.2) is 0 Å². The average Bonchev–Trinajstić information content (AvgIpc) is 2.46. The zero-order valence-electron chi connectivity index (χ0n) is 13.7. The van der Waals surface area contributed by atoms with E-state index in [0.717, 1.165) is 42.4 Å². The normalized spacial score (nSPS) is 28.7. The number of nitriles is 1. The van der Waals surface area contributed by atoms with Crippen molar-refractivity contribution >= 4 is 0 Å². The van der Waals surface area contributed by atoms with Gasteiger partial charge in [0.25, 0.3) is 0 Å². The predicted octanol–water partition coefficient (Wildman–Crippen LogP) is 4.62. The molecular formula is C19H27NO. The molecule has 2 rings (SSSR count). The fraction of sp³-hybridized carbons (Fsp3) is 0.632. The molecule has 0 amide bonds. The van der Waals surface area contributed by atoms with Crippen molar-refractivity contribution < 1.29 is 5.11 Å². The summed E-state index contributed by atoms with van der Waals surface area (Å²) in [6, 6.07) is 8.65. The molecule has 21 heavy (non-hydrogen) atoms. The summed E-state index contributed by atoms with van der Waals surface area (Å²) in [5.41, 5.74) is 1.42. The molecule has 1 saturated carbocycles. The Kier molecular flexibility index (Phi) is 4.44. The van der Waals surface area contributed by atoms with Gasteiger partial charge in [-0.15, -0.1) is 0 Å². The number of hydrogen-bond acceptors (Lipinski definition) is 2. The predicted molar refractivity (Wildman–Crippen MR) is 85.8 cm³/mol. The Morgan fingerprint density at radius 1 is 1.24 bits per heavy atom. The van der Waals surface area contributed by atoms with Crippen LogP contribution in [-0.4, -0.2) is 5.11 Å². The summed E-state index contributed by atoms with van der Waals surface area (Å²) in [7, 11) is 0. The molecule has 1 aromatic carbocycles. The summed E-state index contributed by atoms with van der Waals surface area (Å²) in [5.74, 6) is 0.710. The molecule has 0 aliphatic heterocycles. The van der Waals surface area contributed by atoms with Crippen LogP contribution in [0.2, 0.25) is 0 Å². The lowest BCUT2D eigenvalue weighted by molar-refractivity contribution is -0.0698. The van der Waals surface area contributed by atoms with Gasteiger partial charge in [-0.2, -0.15) is 5.26 Å². The first-order valence-electron chi connectivity index (χ1n) is 8.07. The first kappa shape index (κ1) is 16.0. The van der Waals surface area contributed by atoms with Gasteiger partial charge in [-0.1, -0.05) is 42.7 Å². The van der Waals surface area contributed by atoms with Gasteiger partial charge in [-0.25, -0.2) is 0 Å². The highest BCUT2D eigenvalue weighted by Crippen LogP contribution is 2.51. The minimum absolute atomic E-state index is 0.654. The molecule has 0 radical (unpaired) electrons. The Hall–Kier alpha value is -1.33. The van der Waals surface area contributed by atoms with Gasteiger partial charge in [0, 0.05) is 0 Å². The molecule has 0 saturated heterocycles. The standard InChI is InChI=1S/C19H27NO/c1-5-16-6-8-19(13-20,9-7-16)18(4,21)17-11-14(2)10-15(3)12-17/h10-12,16,21H,5-9H2,1-4H3. The molecule has 0 aromatic heterocycles. The van der Waals surface area contributed by atoms with Gasteiger partial charge in [-0.3, -0.25) is 0 Å². The maximum absolute atomic E-state index is 11.2. The fourth-order valence-electron chi connectivity index (χ4n) is 3.82. The lowest BCUT2D eigenvalue weighted by Gasteiger charge is -2.45. The Bertz CT molecular complexity index is 525. The summed E-state index contributed by atoms with van der Waals surface area (Å²) in [5, 5.41) is 21.1. The van der Waals surface area contributed by atoms with E-state index in [4.69, 9.17) is 0 Å². The van der Waals surface area contributed by atoms with Crippen LogP contribution >= 0.6 is 0 Å². The molecule has 1 fully saturated rings. The molecule has 1 aromatic rings. The second-order valence-corrected chi connectivity index (χ2v) is 6.99. The lowest BCUT2D eigenvalue weighted by atomic mass is 9.60. The minimum atomic E-state index is -1.09. The van der Waals surface area contributed by atoms with E-state index in [9.17, 15) is 10.4 Å². The largest absolute Gasteiger partial charge is 0.384 e. The van der Waals surface area contributed by atoms with E-state index < -0.39 is 11.0 Å². The molecule has 2 nitrogen and oxygen atoms in total. The van der Waals surface area contributed by atoms with E-state index in [-0.39, 0.29) is 0 Å². The Morgan fingerprint density at radius 3 is 2.19 bits per heavy atom. The van der Waals surface area contributed by atoms with E-state index in [2.05, 4.69) is 19.1 Å². The highest BCUT2D eigenvalue weighted by molar-refractivity contribution is 5.35. The number of aryl methyl sites for hydroxylation is 2. The SMILES string of the molecule is CCC1CCC(C#N)(C(C)(O)c2cc(C)cc(C)c2)CC1. The minimum Gasteiger partial charge on any atom is -0.384 e. The zero-order chi connectivity index (χ0) is 15.7. The van der Waals surface area contributed by atoms with E-state index in [1.165, 1.54) is 6.42 Å². The summed E-state index contributed by atoms with van der Waals surface area (Å²) in [6.07, 6.45) is 4.85. The van der Waals surface area contributed by atoms with Crippen molar-refractivity contribution in [1.29, 1.82) is 5.26 Å². The number of rotatable bonds is 3. The van der Waals surface area contributed by atoms with E-state index >= 15 is 0 Å². The summed E-state index contributed by atoms with van der Waals surface area (Å²) in [4.78, 5) is 0. The maximum atomic E-state index is 11.2. The van der Waals surface area contributed by atoms with Crippen molar-refractivity contribution in [3.05, 3.63) is 34.9 Å². The molecule has 1 N–H and O–H groups in total. The van der Waals surface area contributed by atoms with Crippen LogP contribution in [0.4, 0.5) is 0 Å². The highest BCUT2D eigenvalue weighted by atomic mass is 16.3. The number of nitrogens with zero attached hydrogens (tertiary/aromatic N) is 1. The monoisotopic (exact) mass is 285 g/mol. The Balaban J connectivity index is 2.38. The van der Waals surface area contributed by atoms with Crippen LogP contribution in [-0.2, 0) is 5.60 Å². The Labute approximate surface area is 128 Å². The van der Waals surface area contributed by atoms with Crippen molar-refractivity contribution in [2.24, 2.45) is 11.3 Å². The van der Waals surface area contributed by atoms with Crippen LogP contribution in [0.1, 0.15) is 62.6 Å². The second kappa shape index (κ2) is 5.81. The lowest BCUT2D eigenvalue weighted by Crippen LogP contribution is -2.45. The van der Waals surface area contributed by atoms with Gasteiger partial charge in [0.1, 0.15) is 5.60 Å². The molecule has 2 heteroatoms. The quantitative estimate of drug-likeness (QED) is 0.880. The number of benzene rings is 1. The van der Waals surface area contributed by atoms with Crippen molar-refractivity contribution in [2.45, 2.75) is 65.4 Å². The van der Waals surface area contributed by atoms with Crippen molar-refractivity contribution in [1.82, 2.24) is 0 Å². The Morgan fingerprint density at radius 2 is 1.76 bits per heavy atom. The third-order valence-corrected chi connectivity index (χ3v) is 5.47. The van der Waals surface area contributed by atoms with E-state index in [1.807, 2.05) is 32.9 Å². The van der Waals surface area contributed by atoms with Crippen LogP contribution in [0.3, 0.4) is 0 Å². The van der Waals surface area contributed by atoms with Crippen molar-refractivity contribution in [2.75, 3.05) is 0 Å². The molecule has 1 aliphatic rings. The first-order chi connectivity index (χ1) is 9.84. The van der Waals surface area contributed by atoms with Crippen LogP contribution in [0.15, 0.2) is 18.2 Å². The van der Waals surface area contributed by atoms with Crippen LogP contribution < -0.4 is 0 Å². The van der Waals surface area contributed by atoms with Gasteiger partial charge in [0.05, 0.1) is 11.5 Å². The molecule has 1 atom stereocenters. The van der Waals surface area contributed by atoms with E-state index in [0.29, 0.717) is 5.92 Å². The van der Waals surface area contributed by atoms with Crippen molar-refractivity contribution in [3.8, 4) is 6.07 Å². The van der Waals surface area contributed by atoms with Crippen LogP contribution in [0.25, 0.3) is 0 Å². The average molecular weight is 285 g/mol. The molecule has 114 valence electrons. The smallest absolute Gasteiger partial charge is 0.105 e. The molecule has 1 aliphatic carbocycles. The molecule has 0 heterocycles. The molecule has 0 spiro atoms. The van der Waals surface area contributed by atoms with Gasteiger partial charge < -0.3 is 5.11 Å². The topological polar surface area (TPSA) is 44.0 Å². The molecular weight excluding hydrogens is 258 g/mol. The van der Waals surface area contributed by atoms with Gasteiger partial charge in [-0.05, 0) is 57.9 Å². The van der Waals surface area contributed by atoms with Gasteiger partial charge in [0.2, 0.25) is 0 Å². The van der Waals surface area contributed by atoms with Crippen LogP contribution in [0, 0.1) is 36.5 Å². The summed E-state index contributed by atoms with van der Waals surface area (Å²) in [6.45, 7) is 8.13. The zero-order valence-corrected chi connectivity index (χ0v) is 13.7. The third-order valence-electron chi connectivity index (χ3n) is 5.47. The summed E-state index contributed by atoms with van der Waals surface area (Å²) < 4.78 is 0. The maximum Gasteiger partial charge on any atom is 0.105 e.